The Balaban J connectivity index is 2.38. The molecule has 92 valence electrons. The molecule has 4 heteroatoms. The van der Waals surface area contributed by atoms with Crippen molar-refractivity contribution in [2.75, 3.05) is 6.26 Å². The van der Waals surface area contributed by atoms with Crippen LogP contribution in [0, 0.1) is 11.6 Å². The molecule has 0 unspecified atom stereocenters. The lowest BCUT2D eigenvalue weighted by molar-refractivity contribution is 0.103. The molecular formula is C14H10F2OS. The average Bonchev–Trinajstić information content (AvgIpc) is 2.41. The van der Waals surface area contributed by atoms with Crippen LogP contribution in [0.4, 0.5) is 8.78 Å². The van der Waals surface area contributed by atoms with Crippen molar-refractivity contribution >= 4 is 17.5 Å². The molecule has 0 radical (unpaired) electrons. The van der Waals surface area contributed by atoms with E-state index in [-0.39, 0.29) is 5.56 Å². The zero-order valence-electron chi connectivity index (χ0n) is 9.61. The highest BCUT2D eigenvalue weighted by Crippen LogP contribution is 2.19. The van der Waals surface area contributed by atoms with Crippen LogP contribution in [0.25, 0.3) is 0 Å². The monoisotopic (exact) mass is 264 g/mol. The van der Waals surface area contributed by atoms with Gasteiger partial charge in [-0.3, -0.25) is 4.79 Å². The van der Waals surface area contributed by atoms with E-state index in [0.29, 0.717) is 5.56 Å². The van der Waals surface area contributed by atoms with Crippen LogP contribution in [0.2, 0.25) is 0 Å². The van der Waals surface area contributed by atoms with Crippen molar-refractivity contribution in [2.45, 2.75) is 4.90 Å². The maximum atomic E-state index is 13.5. The second-order valence-electron chi connectivity index (χ2n) is 3.68. The second kappa shape index (κ2) is 5.31. The maximum absolute atomic E-state index is 13.5. The summed E-state index contributed by atoms with van der Waals surface area (Å²) in [6.07, 6.45) is 1.92. The number of carbonyl (C=O) groups excluding carboxylic acids is 1. The van der Waals surface area contributed by atoms with Crippen LogP contribution in [-0.4, -0.2) is 12.0 Å². The van der Waals surface area contributed by atoms with Gasteiger partial charge in [0, 0.05) is 10.5 Å². The number of hydrogen-bond donors (Lipinski definition) is 0. The molecule has 2 rings (SSSR count). The van der Waals surface area contributed by atoms with Gasteiger partial charge in [0.15, 0.2) is 5.78 Å². The fourth-order valence-corrected chi connectivity index (χ4v) is 1.98. The third kappa shape index (κ3) is 2.59. The first-order chi connectivity index (χ1) is 8.61. The van der Waals surface area contributed by atoms with Crippen molar-refractivity contribution in [3.8, 4) is 0 Å². The topological polar surface area (TPSA) is 17.1 Å². The van der Waals surface area contributed by atoms with Gasteiger partial charge in [-0.2, -0.15) is 0 Å². The molecule has 2 aromatic rings. The molecule has 0 amide bonds. The van der Waals surface area contributed by atoms with Gasteiger partial charge in [-0.05, 0) is 48.7 Å². The van der Waals surface area contributed by atoms with Gasteiger partial charge in [-0.1, -0.05) is 0 Å². The molecular weight excluding hydrogens is 254 g/mol. The summed E-state index contributed by atoms with van der Waals surface area (Å²) in [6, 6.07) is 9.63. The van der Waals surface area contributed by atoms with Crippen molar-refractivity contribution in [1.29, 1.82) is 0 Å². The first-order valence-electron chi connectivity index (χ1n) is 5.25. The van der Waals surface area contributed by atoms with E-state index in [1.165, 1.54) is 0 Å². The summed E-state index contributed by atoms with van der Waals surface area (Å²) in [6.45, 7) is 0. The number of benzene rings is 2. The van der Waals surface area contributed by atoms with Crippen LogP contribution in [0.1, 0.15) is 15.9 Å². The van der Waals surface area contributed by atoms with E-state index in [1.54, 1.807) is 36.0 Å². The molecule has 0 fully saturated rings. The molecule has 0 heterocycles. The number of halogens is 2. The Morgan fingerprint density at radius 1 is 1.06 bits per heavy atom. The highest BCUT2D eigenvalue weighted by Gasteiger charge is 2.14. The van der Waals surface area contributed by atoms with E-state index in [4.69, 9.17) is 0 Å². The van der Waals surface area contributed by atoms with Crippen molar-refractivity contribution in [3.05, 3.63) is 65.2 Å². The first kappa shape index (κ1) is 12.8. The van der Waals surface area contributed by atoms with E-state index in [0.717, 1.165) is 23.1 Å². The number of thioether (sulfide) groups is 1. The van der Waals surface area contributed by atoms with Gasteiger partial charge in [-0.25, -0.2) is 8.78 Å². The summed E-state index contributed by atoms with van der Waals surface area (Å²) < 4.78 is 26.5. The molecule has 2 aromatic carbocycles. The predicted molar refractivity (Wildman–Crippen MR) is 68.0 cm³/mol. The van der Waals surface area contributed by atoms with Crippen molar-refractivity contribution < 1.29 is 13.6 Å². The van der Waals surface area contributed by atoms with Crippen LogP contribution in [-0.2, 0) is 0 Å². The lowest BCUT2D eigenvalue weighted by atomic mass is 10.0. The van der Waals surface area contributed by atoms with Crippen molar-refractivity contribution in [2.24, 2.45) is 0 Å². The minimum atomic E-state index is -0.713. The normalized spacial score (nSPS) is 10.4. The summed E-state index contributed by atoms with van der Waals surface area (Å²) in [7, 11) is 0. The minimum Gasteiger partial charge on any atom is -0.288 e. The molecule has 0 aromatic heterocycles. The zero-order valence-corrected chi connectivity index (χ0v) is 10.4. The lowest BCUT2D eigenvalue weighted by Gasteiger charge is -2.04. The highest BCUT2D eigenvalue weighted by molar-refractivity contribution is 7.98. The SMILES string of the molecule is CSc1ccc(C(=O)c2cc(F)ccc2F)cc1. The van der Waals surface area contributed by atoms with Gasteiger partial charge in [0.05, 0.1) is 5.56 Å². The standard InChI is InChI=1S/C14H10F2OS/c1-18-11-5-2-9(3-6-11)14(17)12-8-10(15)4-7-13(12)16/h2-8H,1H3. The number of ketones is 1. The summed E-state index contributed by atoms with van der Waals surface area (Å²) >= 11 is 1.55. The molecule has 0 aliphatic carbocycles. The summed E-state index contributed by atoms with van der Waals surface area (Å²) in [5, 5.41) is 0. The number of hydrogen-bond acceptors (Lipinski definition) is 2. The Morgan fingerprint density at radius 2 is 1.72 bits per heavy atom. The fourth-order valence-electron chi connectivity index (χ4n) is 1.57. The minimum absolute atomic E-state index is 0.244. The van der Waals surface area contributed by atoms with Crippen LogP contribution in [0.5, 0.6) is 0 Å². The van der Waals surface area contributed by atoms with Gasteiger partial charge in [0.25, 0.3) is 0 Å². The van der Waals surface area contributed by atoms with Crippen LogP contribution < -0.4 is 0 Å². The average molecular weight is 264 g/mol. The maximum Gasteiger partial charge on any atom is 0.196 e. The molecule has 0 spiro atoms. The lowest BCUT2D eigenvalue weighted by Crippen LogP contribution is -2.04. The van der Waals surface area contributed by atoms with Crippen molar-refractivity contribution in [3.63, 3.8) is 0 Å². The highest BCUT2D eigenvalue weighted by atomic mass is 32.2. The second-order valence-corrected chi connectivity index (χ2v) is 4.56. The quantitative estimate of drug-likeness (QED) is 0.617. The Kier molecular flexibility index (Phi) is 3.77. The molecule has 1 nitrogen and oxygen atoms in total. The Labute approximate surface area is 108 Å². The van der Waals surface area contributed by atoms with Crippen LogP contribution >= 0.6 is 11.8 Å². The van der Waals surface area contributed by atoms with E-state index in [2.05, 4.69) is 0 Å². The molecule has 18 heavy (non-hydrogen) atoms. The van der Waals surface area contributed by atoms with Gasteiger partial charge < -0.3 is 0 Å². The number of rotatable bonds is 3. The summed E-state index contributed by atoms with van der Waals surface area (Å²) in [5.41, 5.74) is 0.101. The van der Waals surface area contributed by atoms with Gasteiger partial charge >= 0.3 is 0 Å². The number of carbonyl (C=O) groups is 1. The third-order valence-electron chi connectivity index (χ3n) is 2.53. The first-order valence-corrected chi connectivity index (χ1v) is 6.48. The van der Waals surface area contributed by atoms with Gasteiger partial charge in [0.2, 0.25) is 0 Å². The third-order valence-corrected chi connectivity index (χ3v) is 3.27. The van der Waals surface area contributed by atoms with E-state index in [9.17, 15) is 13.6 Å². The zero-order chi connectivity index (χ0) is 13.1. The van der Waals surface area contributed by atoms with Crippen molar-refractivity contribution in [1.82, 2.24) is 0 Å². The Morgan fingerprint density at radius 3 is 2.33 bits per heavy atom. The van der Waals surface area contributed by atoms with Crippen LogP contribution in [0.15, 0.2) is 47.4 Å². The molecule has 0 saturated carbocycles. The van der Waals surface area contributed by atoms with Gasteiger partial charge in [0.1, 0.15) is 11.6 Å². The molecule has 0 bridgehead atoms. The Bertz CT molecular complexity index is 579. The Hall–Kier alpha value is -1.68. The molecule has 0 N–H and O–H groups in total. The van der Waals surface area contributed by atoms with Gasteiger partial charge in [-0.15, -0.1) is 11.8 Å². The fraction of sp³-hybridized carbons (Fsp3) is 0.0714. The molecule has 0 aliphatic rings. The molecule has 0 saturated heterocycles. The van der Waals surface area contributed by atoms with E-state index in [1.807, 2.05) is 6.26 Å². The van der Waals surface area contributed by atoms with E-state index < -0.39 is 17.4 Å². The molecule has 0 atom stereocenters. The van der Waals surface area contributed by atoms with Crippen LogP contribution in [0.3, 0.4) is 0 Å². The predicted octanol–water partition coefficient (Wildman–Crippen LogP) is 3.92. The molecule has 0 aliphatic heterocycles. The van der Waals surface area contributed by atoms with E-state index >= 15 is 0 Å². The summed E-state index contributed by atoms with van der Waals surface area (Å²) in [4.78, 5) is 13.0. The summed E-state index contributed by atoms with van der Waals surface area (Å²) in [5.74, 6) is -1.85. The smallest absolute Gasteiger partial charge is 0.196 e. The largest absolute Gasteiger partial charge is 0.288 e.